The third-order valence-electron chi connectivity index (χ3n) is 5.21. The molecule has 3 rings (SSSR count). The van der Waals surface area contributed by atoms with Gasteiger partial charge in [0.15, 0.2) is 0 Å². The van der Waals surface area contributed by atoms with Crippen LogP contribution in [0.4, 0.5) is 5.69 Å². The van der Waals surface area contributed by atoms with Crippen LogP contribution in [0.1, 0.15) is 17.2 Å². The Hall–Kier alpha value is -3.92. The predicted octanol–water partition coefficient (Wildman–Crippen LogP) is 2.29. The zero-order valence-electron chi connectivity index (χ0n) is 17.8. The van der Waals surface area contributed by atoms with Crippen LogP contribution in [0.15, 0.2) is 48.0 Å². The Labute approximate surface area is 184 Å². The molecule has 10 heteroatoms. The van der Waals surface area contributed by atoms with Crippen molar-refractivity contribution in [3.8, 4) is 11.5 Å². The zero-order chi connectivity index (χ0) is 23.6. The lowest BCUT2D eigenvalue weighted by Crippen LogP contribution is -2.35. The summed E-state index contributed by atoms with van der Waals surface area (Å²) in [6.45, 7) is 0.634. The zero-order valence-corrected chi connectivity index (χ0v) is 17.8. The second-order valence-electron chi connectivity index (χ2n) is 7.53. The molecule has 0 saturated carbocycles. The summed E-state index contributed by atoms with van der Waals surface area (Å²) < 4.78 is 5.04. The molecule has 0 aliphatic carbocycles. The molecule has 10 nitrogen and oxygen atoms in total. The third-order valence-corrected chi connectivity index (χ3v) is 5.21. The van der Waals surface area contributed by atoms with Crippen LogP contribution in [0.5, 0.6) is 11.5 Å². The van der Waals surface area contributed by atoms with Crippen LogP contribution in [0, 0.1) is 10.1 Å². The molecule has 2 aromatic carbocycles. The molecular formula is C22H23N3O7. The van der Waals surface area contributed by atoms with Crippen molar-refractivity contribution in [1.29, 1.82) is 0 Å². The minimum atomic E-state index is -0.975. The molecule has 1 atom stereocenters. The first-order chi connectivity index (χ1) is 15.1. The smallest absolute Gasteiger partial charge is 0.295 e. The summed E-state index contributed by atoms with van der Waals surface area (Å²) in [7, 11) is 5.04. The Morgan fingerprint density at radius 2 is 1.84 bits per heavy atom. The highest BCUT2D eigenvalue weighted by molar-refractivity contribution is 6.46. The fraction of sp³-hybridized carbons (Fsp3) is 0.273. The molecule has 1 amide bonds. The van der Waals surface area contributed by atoms with Gasteiger partial charge in [0.1, 0.15) is 17.3 Å². The summed E-state index contributed by atoms with van der Waals surface area (Å²) in [6.07, 6.45) is 0. The maximum Gasteiger partial charge on any atom is 0.295 e. The number of likely N-dealkylation sites (N-methyl/N-ethyl adjacent to an activating group) is 1. The number of nitrogens with zero attached hydrogens (tertiary/aromatic N) is 3. The SMILES string of the molecule is COc1ccc(C(O)=C2C(=O)C(=O)N(CCN(C)C)[C@@H]2c2ccc([N+](=O)[O-])cc2)c(O)c1. The Morgan fingerprint density at radius 1 is 1.19 bits per heavy atom. The fourth-order valence-corrected chi connectivity index (χ4v) is 3.53. The number of methoxy groups -OCH3 is 1. The summed E-state index contributed by atoms with van der Waals surface area (Å²) in [5.74, 6) is -2.23. The second kappa shape index (κ2) is 9.06. The molecule has 0 spiro atoms. The van der Waals surface area contributed by atoms with Crippen molar-refractivity contribution in [3.63, 3.8) is 0 Å². The molecule has 1 saturated heterocycles. The van der Waals surface area contributed by atoms with Gasteiger partial charge in [0, 0.05) is 31.3 Å². The molecule has 32 heavy (non-hydrogen) atoms. The lowest BCUT2D eigenvalue weighted by molar-refractivity contribution is -0.384. The van der Waals surface area contributed by atoms with E-state index in [-0.39, 0.29) is 29.1 Å². The highest BCUT2D eigenvalue weighted by Crippen LogP contribution is 2.41. The van der Waals surface area contributed by atoms with Crippen LogP contribution in [-0.2, 0) is 9.59 Å². The van der Waals surface area contributed by atoms with Gasteiger partial charge in [-0.05, 0) is 43.9 Å². The number of rotatable bonds is 7. The molecule has 0 bridgehead atoms. The summed E-state index contributed by atoms with van der Waals surface area (Å²) >= 11 is 0. The van der Waals surface area contributed by atoms with Gasteiger partial charge in [-0.15, -0.1) is 0 Å². The third kappa shape index (κ3) is 4.26. The number of ether oxygens (including phenoxy) is 1. The van der Waals surface area contributed by atoms with E-state index in [0.29, 0.717) is 17.9 Å². The number of non-ortho nitro benzene ring substituents is 1. The molecule has 1 aliphatic rings. The van der Waals surface area contributed by atoms with Gasteiger partial charge in [-0.25, -0.2) is 0 Å². The number of benzene rings is 2. The van der Waals surface area contributed by atoms with Gasteiger partial charge in [-0.2, -0.15) is 0 Å². The average Bonchev–Trinajstić information content (AvgIpc) is 3.01. The lowest BCUT2D eigenvalue weighted by Gasteiger charge is -2.26. The van der Waals surface area contributed by atoms with Crippen molar-refractivity contribution in [2.24, 2.45) is 0 Å². The fourth-order valence-electron chi connectivity index (χ4n) is 3.53. The molecule has 1 fully saturated rings. The number of carbonyl (C=O) groups excluding carboxylic acids is 2. The molecule has 0 aromatic heterocycles. The monoisotopic (exact) mass is 441 g/mol. The minimum Gasteiger partial charge on any atom is -0.507 e. The lowest BCUT2D eigenvalue weighted by atomic mass is 9.95. The predicted molar refractivity (Wildman–Crippen MR) is 115 cm³/mol. The van der Waals surface area contributed by atoms with Gasteiger partial charge in [0.05, 0.1) is 29.2 Å². The molecule has 1 heterocycles. The van der Waals surface area contributed by atoms with E-state index in [1.807, 2.05) is 19.0 Å². The van der Waals surface area contributed by atoms with Gasteiger partial charge < -0.3 is 24.7 Å². The second-order valence-corrected chi connectivity index (χ2v) is 7.53. The van der Waals surface area contributed by atoms with E-state index in [0.717, 1.165) is 0 Å². The van der Waals surface area contributed by atoms with Crippen LogP contribution in [0.2, 0.25) is 0 Å². The van der Waals surface area contributed by atoms with Crippen molar-refractivity contribution in [2.75, 3.05) is 34.3 Å². The van der Waals surface area contributed by atoms with Crippen LogP contribution in [0.3, 0.4) is 0 Å². The number of aliphatic hydroxyl groups is 1. The number of aliphatic hydroxyl groups excluding tert-OH is 1. The maximum absolute atomic E-state index is 12.9. The maximum atomic E-state index is 12.9. The highest BCUT2D eigenvalue weighted by atomic mass is 16.6. The first-order valence-electron chi connectivity index (χ1n) is 9.70. The number of ketones is 1. The quantitative estimate of drug-likeness (QED) is 0.220. The van der Waals surface area contributed by atoms with Gasteiger partial charge in [0.25, 0.3) is 17.4 Å². The van der Waals surface area contributed by atoms with Crippen molar-refractivity contribution in [3.05, 3.63) is 69.3 Å². The number of carbonyl (C=O) groups is 2. The minimum absolute atomic E-state index is 0.0386. The summed E-state index contributed by atoms with van der Waals surface area (Å²) in [6, 6.07) is 8.60. The van der Waals surface area contributed by atoms with Crippen LogP contribution in [-0.4, -0.2) is 70.9 Å². The first-order valence-corrected chi connectivity index (χ1v) is 9.70. The highest BCUT2D eigenvalue weighted by Gasteiger charge is 2.46. The Balaban J connectivity index is 2.16. The van der Waals surface area contributed by atoms with E-state index >= 15 is 0 Å². The number of phenolic OH excluding ortho intramolecular Hbond substituents is 1. The number of aromatic hydroxyl groups is 1. The molecule has 2 aromatic rings. The topological polar surface area (TPSA) is 133 Å². The molecule has 0 unspecified atom stereocenters. The van der Waals surface area contributed by atoms with Gasteiger partial charge in [-0.3, -0.25) is 19.7 Å². The van der Waals surface area contributed by atoms with Crippen molar-refractivity contribution in [1.82, 2.24) is 9.80 Å². The summed E-state index contributed by atoms with van der Waals surface area (Å²) in [4.78, 5) is 39.4. The van der Waals surface area contributed by atoms with E-state index < -0.39 is 28.4 Å². The number of Topliss-reactive ketones (excluding diaryl/α,β-unsaturated/α-hetero) is 1. The number of nitro benzene ring substituents is 1. The average molecular weight is 441 g/mol. The van der Waals surface area contributed by atoms with E-state index in [4.69, 9.17) is 4.74 Å². The number of hydrogen-bond acceptors (Lipinski definition) is 8. The first kappa shape index (κ1) is 22.8. The summed E-state index contributed by atoms with van der Waals surface area (Å²) in [5, 5.41) is 32.3. The molecule has 0 radical (unpaired) electrons. The largest absolute Gasteiger partial charge is 0.507 e. The van der Waals surface area contributed by atoms with Gasteiger partial charge in [-0.1, -0.05) is 0 Å². The summed E-state index contributed by atoms with van der Waals surface area (Å²) in [5.41, 5.74) is 0.0290. The van der Waals surface area contributed by atoms with Crippen LogP contribution in [0.25, 0.3) is 5.76 Å². The van der Waals surface area contributed by atoms with Crippen LogP contribution >= 0.6 is 0 Å². The normalized spacial score (nSPS) is 17.8. The van der Waals surface area contributed by atoms with E-state index in [9.17, 15) is 29.9 Å². The Morgan fingerprint density at radius 3 is 2.38 bits per heavy atom. The molecule has 1 aliphatic heterocycles. The number of nitro groups is 1. The number of hydrogen-bond donors (Lipinski definition) is 2. The number of phenols is 1. The van der Waals surface area contributed by atoms with E-state index in [2.05, 4.69) is 0 Å². The molecular weight excluding hydrogens is 418 g/mol. The number of amides is 1. The van der Waals surface area contributed by atoms with Gasteiger partial charge >= 0.3 is 0 Å². The van der Waals surface area contributed by atoms with E-state index in [1.165, 1.54) is 54.5 Å². The molecule has 2 N–H and O–H groups in total. The van der Waals surface area contributed by atoms with Crippen molar-refractivity contribution >= 4 is 23.1 Å². The Bertz CT molecular complexity index is 1090. The standard InChI is InChI=1S/C22H23N3O7/c1-23(2)10-11-24-19(13-4-6-14(7-5-13)25(30)31)18(21(28)22(24)29)20(27)16-9-8-15(32-3)12-17(16)26/h4-9,12,19,26-27H,10-11H2,1-3H3/t19-/m1/s1. The van der Waals surface area contributed by atoms with Crippen molar-refractivity contribution < 1.29 is 29.5 Å². The van der Waals surface area contributed by atoms with Crippen molar-refractivity contribution in [2.45, 2.75) is 6.04 Å². The Kier molecular flexibility index (Phi) is 6.45. The van der Waals surface area contributed by atoms with Crippen LogP contribution < -0.4 is 4.74 Å². The van der Waals surface area contributed by atoms with Gasteiger partial charge in [0.2, 0.25) is 0 Å². The number of likely N-dealkylation sites (tertiary alicyclic amines) is 1. The van der Waals surface area contributed by atoms with E-state index in [1.54, 1.807) is 0 Å². The molecule has 168 valence electrons.